The number of carbonyl (C=O) groups excluding carboxylic acids is 1. The molecule has 114 valence electrons. The highest BCUT2D eigenvalue weighted by Gasteiger charge is 2.11. The molecule has 1 aromatic carbocycles. The average Bonchev–Trinajstić information content (AvgIpc) is 2.74. The highest BCUT2D eigenvalue weighted by molar-refractivity contribution is 5.77. The lowest BCUT2D eigenvalue weighted by molar-refractivity contribution is -0.121. The minimum Gasteiger partial charge on any atom is -0.356 e. The Balaban J connectivity index is 1.99. The van der Waals surface area contributed by atoms with Gasteiger partial charge in [-0.15, -0.1) is 0 Å². The van der Waals surface area contributed by atoms with Crippen LogP contribution >= 0.6 is 0 Å². The number of hydrogen-bond acceptors (Lipinski definition) is 2. The lowest BCUT2D eigenvalue weighted by Crippen LogP contribution is -2.28. The van der Waals surface area contributed by atoms with Crippen molar-refractivity contribution in [3.63, 3.8) is 0 Å². The molecule has 1 heterocycles. The zero-order valence-electron chi connectivity index (χ0n) is 12.8. The van der Waals surface area contributed by atoms with E-state index in [-0.39, 0.29) is 11.6 Å². The van der Waals surface area contributed by atoms with E-state index in [2.05, 4.69) is 12.2 Å². The molecule has 5 nitrogen and oxygen atoms in total. The number of amides is 1. The van der Waals surface area contributed by atoms with Crippen LogP contribution in [0.4, 0.5) is 0 Å². The Morgan fingerprint density at radius 3 is 2.62 bits per heavy atom. The van der Waals surface area contributed by atoms with Crippen LogP contribution in [0.3, 0.4) is 0 Å². The normalized spacial score (nSPS) is 11.0. The second-order valence-corrected chi connectivity index (χ2v) is 5.29. The number of nitrogens with one attached hydrogen (secondary N) is 1. The first-order chi connectivity index (χ1) is 10.1. The van der Waals surface area contributed by atoms with Crippen LogP contribution in [0.1, 0.15) is 32.6 Å². The van der Waals surface area contributed by atoms with Crippen LogP contribution < -0.4 is 11.0 Å². The van der Waals surface area contributed by atoms with Crippen molar-refractivity contribution >= 4 is 16.9 Å². The number of para-hydroxylation sites is 2. The van der Waals surface area contributed by atoms with E-state index in [4.69, 9.17) is 0 Å². The lowest BCUT2D eigenvalue weighted by atomic mass is 10.2. The zero-order chi connectivity index (χ0) is 15.2. The molecule has 0 radical (unpaired) electrons. The molecule has 0 aliphatic carbocycles. The molecule has 1 N–H and O–H groups in total. The van der Waals surface area contributed by atoms with E-state index < -0.39 is 0 Å². The van der Waals surface area contributed by atoms with Gasteiger partial charge in [-0.2, -0.15) is 0 Å². The molecule has 2 rings (SSSR count). The molecule has 1 amide bonds. The van der Waals surface area contributed by atoms with Gasteiger partial charge in [0.2, 0.25) is 5.91 Å². The quantitative estimate of drug-likeness (QED) is 0.793. The summed E-state index contributed by atoms with van der Waals surface area (Å²) in [6.07, 6.45) is 3.61. The van der Waals surface area contributed by atoms with Crippen LogP contribution in [-0.4, -0.2) is 21.6 Å². The van der Waals surface area contributed by atoms with E-state index in [1.807, 2.05) is 24.3 Å². The molecular formula is C16H23N3O2. The zero-order valence-corrected chi connectivity index (χ0v) is 12.8. The number of nitrogens with zero attached hydrogens (tertiary/aromatic N) is 2. The topological polar surface area (TPSA) is 56.0 Å². The first kappa shape index (κ1) is 15.4. The van der Waals surface area contributed by atoms with Gasteiger partial charge in [0.05, 0.1) is 11.0 Å². The van der Waals surface area contributed by atoms with Gasteiger partial charge in [0, 0.05) is 26.6 Å². The monoisotopic (exact) mass is 289 g/mol. The molecule has 0 aliphatic heterocycles. The summed E-state index contributed by atoms with van der Waals surface area (Å²) in [5.41, 5.74) is 1.70. The molecule has 0 aliphatic rings. The third-order valence-corrected chi connectivity index (χ3v) is 3.72. The third-order valence-electron chi connectivity index (χ3n) is 3.72. The van der Waals surface area contributed by atoms with Gasteiger partial charge in [-0.3, -0.25) is 13.9 Å². The first-order valence-electron chi connectivity index (χ1n) is 7.56. The summed E-state index contributed by atoms with van der Waals surface area (Å²) in [6.45, 7) is 3.27. The predicted molar refractivity (Wildman–Crippen MR) is 84.3 cm³/mol. The van der Waals surface area contributed by atoms with Crippen molar-refractivity contribution in [3.05, 3.63) is 34.7 Å². The number of carbonyl (C=O) groups is 1. The van der Waals surface area contributed by atoms with E-state index in [0.717, 1.165) is 36.8 Å². The predicted octanol–water partition coefficient (Wildman–Crippen LogP) is 2.04. The second kappa shape index (κ2) is 7.11. The highest BCUT2D eigenvalue weighted by atomic mass is 16.2. The Labute approximate surface area is 124 Å². The van der Waals surface area contributed by atoms with Crippen molar-refractivity contribution in [2.24, 2.45) is 7.05 Å². The van der Waals surface area contributed by atoms with Gasteiger partial charge in [-0.05, 0) is 18.6 Å². The minimum atomic E-state index is -0.0741. The Bertz CT molecular complexity index is 670. The molecule has 0 saturated carbocycles. The molecule has 5 heteroatoms. The maximum atomic E-state index is 12.2. The SMILES string of the molecule is CCCCCNC(=O)CCn1c(=O)n(C)c2ccccc21. The summed E-state index contributed by atoms with van der Waals surface area (Å²) < 4.78 is 3.29. The summed E-state index contributed by atoms with van der Waals surface area (Å²) in [7, 11) is 1.76. The standard InChI is InChI=1S/C16H23N3O2/c1-3-4-7-11-17-15(20)10-12-19-14-9-6-5-8-13(14)18(2)16(19)21/h5-6,8-9H,3-4,7,10-12H2,1-2H3,(H,17,20). The van der Waals surface area contributed by atoms with Crippen LogP contribution in [0.15, 0.2) is 29.1 Å². The van der Waals surface area contributed by atoms with E-state index in [1.54, 1.807) is 16.2 Å². The molecule has 0 fully saturated rings. The van der Waals surface area contributed by atoms with Crippen molar-refractivity contribution in [2.75, 3.05) is 6.54 Å². The lowest BCUT2D eigenvalue weighted by Gasteiger charge is -2.05. The van der Waals surface area contributed by atoms with E-state index in [9.17, 15) is 9.59 Å². The number of benzene rings is 1. The number of aryl methyl sites for hydroxylation is 2. The Hall–Kier alpha value is -2.04. The summed E-state index contributed by atoms with van der Waals surface area (Å²) >= 11 is 0. The fourth-order valence-corrected chi connectivity index (χ4v) is 2.48. The van der Waals surface area contributed by atoms with Gasteiger partial charge >= 0.3 is 5.69 Å². The minimum absolute atomic E-state index is 0.00550. The van der Waals surface area contributed by atoms with Crippen LogP contribution in [-0.2, 0) is 18.4 Å². The molecule has 2 aromatic rings. The Kier molecular flexibility index (Phi) is 5.20. The van der Waals surface area contributed by atoms with Crippen LogP contribution in [0.5, 0.6) is 0 Å². The molecule has 1 aromatic heterocycles. The number of imidazole rings is 1. The van der Waals surface area contributed by atoms with Crippen molar-refractivity contribution < 1.29 is 4.79 Å². The Morgan fingerprint density at radius 2 is 1.90 bits per heavy atom. The number of rotatable bonds is 7. The van der Waals surface area contributed by atoms with Crippen molar-refractivity contribution in [1.29, 1.82) is 0 Å². The van der Waals surface area contributed by atoms with Crippen molar-refractivity contribution in [2.45, 2.75) is 39.2 Å². The first-order valence-corrected chi connectivity index (χ1v) is 7.56. The number of hydrogen-bond donors (Lipinski definition) is 1. The molecular weight excluding hydrogens is 266 g/mol. The van der Waals surface area contributed by atoms with E-state index in [1.165, 1.54) is 0 Å². The average molecular weight is 289 g/mol. The van der Waals surface area contributed by atoms with Crippen LogP contribution in [0.25, 0.3) is 11.0 Å². The highest BCUT2D eigenvalue weighted by Crippen LogP contribution is 2.11. The number of unbranched alkanes of at least 4 members (excludes halogenated alkanes) is 2. The van der Waals surface area contributed by atoms with Crippen LogP contribution in [0.2, 0.25) is 0 Å². The van der Waals surface area contributed by atoms with Gasteiger partial charge in [0.15, 0.2) is 0 Å². The second-order valence-electron chi connectivity index (χ2n) is 5.29. The molecule has 0 saturated heterocycles. The molecule has 0 bridgehead atoms. The third kappa shape index (κ3) is 3.54. The summed E-state index contributed by atoms with van der Waals surface area (Å²) in [4.78, 5) is 24.0. The van der Waals surface area contributed by atoms with Gasteiger partial charge in [-0.25, -0.2) is 4.79 Å². The molecule has 21 heavy (non-hydrogen) atoms. The molecule has 0 atom stereocenters. The number of aromatic nitrogens is 2. The Morgan fingerprint density at radius 1 is 1.19 bits per heavy atom. The summed E-state index contributed by atoms with van der Waals surface area (Å²) in [5.74, 6) is 0.00550. The van der Waals surface area contributed by atoms with Gasteiger partial charge in [0.1, 0.15) is 0 Å². The maximum Gasteiger partial charge on any atom is 0.328 e. The van der Waals surface area contributed by atoms with Gasteiger partial charge in [-0.1, -0.05) is 31.9 Å². The van der Waals surface area contributed by atoms with Crippen molar-refractivity contribution in [1.82, 2.24) is 14.5 Å². The summed E-state index contributed by atoms with van der Waals surface area (Å²) in [5, 5.41) is 2.90. The van der Waals surface area contributed by atoms with Gasteiger partial charge in [0.25, 0.3) is 0 Å². The van der Waals surface area contributed by atoms with E-state index in [0.29, 0.717) is 13.0 Å². The van der Waals surface area contributed by atoms with Crippen molar-refractivity contribution in [3.8, 4) is 0 Å². The maximum absolute atomic E-state index is 12.2. The fraction of sp³-hybridized carbons (Fsp3) is 0.500. The summed E-state index contributed by atoms with van der Waals surface area (Å²) in [6, 6.07) is 7.64. The number of fused-ring (bicyclic) bond motifs is 1. The fourth-order valence-electron chi connectivity index (χ4n) is 2.48. The smallest absolute Gasteiger partial charge is 0.328 e. The largest absolute Gasteiger partial charge is 0.356 e. The molecule has 0 unspecified atom stereocenters. The van der Waals surface area contributed by atoms with E-state index >= 15 is 0 Å². The van der Waals surface area contributed by atoms with Gasteiger partial charge < -0.3 is 5.32 Å². The molecule has 0 spiro atoms. The van der Waals surface area contributed by atoms with Crippen LogP contribution in [0, 0.1) is 0 Å².